The van der Waals surface area contributed by atoms with Crippen molar-refractivity contribution in [3.63, 3.8) is 0 Å². The Morgan fingerprint density at radius 3 is 2.83 bits per heavy atom. The largest absolute Gasteiger partial charge is 0.329 e. The Labute approximate surface area is 149 Å². The van der Waals surface area contributed by atoms with Crippen molar-refractivity contribution in [2.45, 2.75) is 12.5 Å². The van der Waals surface area contributed by atoms with Crippen LogP contribution in [-0.2, 0) is 6.54 Å². The van der Waals surface area contributed by atoms with Gasteiger partial charge >= 0.3 is 0 Å². The molecule has 1 N–H and O–H groups in total. The van der Waals surface area contributed by atoms with Crippen LogP contribution in [0, 0.1) is 0 Å². The Kier molecular flexibility index (Phi) is 3.87. The minimum absolute atomic E-state index is 0.0668. The smallest absolute Gasteiger partial charge is 0.255 e. The maximum absolute atomic E-state index is 12.1. The quantitative estimate of drug-likeness (QED) is 0.699. The number of nitrogens with zero attached hydrogens (tertiary/aromatic N) is 1. The first-order chi connectivity index (χ1) is 11.5. The number of rotatable bonds is 1. The Morgan fingerprint density at radius 1 is 1.17 bits per heavy atom. The number of aromatic nitrogens is 1. The number of benzene rings is 2. The summed E-state index contributed by atoms with van der Waals surface area (Å²) >= 11 is 12.7. The van der Waals surface area contributed by atoms with Crippen molar-refractivity contribution in [2.24, 2.45) is 0 Å². The minimum Gasteiger partial charge on any atom is -0.329 e. The van der Waals surface area contributed by atoms with E-state index >= 15 is 0 Å². The average Bonchev–Trinajstić information content (AvgIpc) is 2.55. The van der Waals surface area contributed by atoms with Gasteiger partial charge in [0.25, 0.3) is 5.56 Å². The van der Waals surface area contributed by atoms with E-state index < -0.39 is 0 Å². The highest BCUT2D eigenvalue weighted by atomic mass is 35.5. The first-order valence-electron chi connectivity index (χ1n) is 7.80. The molecule has 0 saturated carbocycles. The maximum atomic E-state index is 12.1. The van der Waals surface area contributed by atoms with Gasteiger partial charge in [-0.15, -0.1) is 0 Å². The van der Waals surface area contributed by atoms with Crippen LogP contribution in [0.1, 0.15) is 22.6 Å². The van der Waals surface area contributed by atoms with E-state index in [4.69, 9.17) is 23.2 Å². The number of fused-ring (bicyclic) bond motifs is 2. The molecular formula is C19H16Cl2N2O. The summed E-state index contributed by atoms with van der Waals surface area (Å²) in [6, 6.07) is 11.8. The molecule has 5 heteroatoms. The number of nitrogens with one attached hydrogen (secondary N) is 1. The van der Waals surface area contributed by atoms with Gasteiger partial charge in [-0.1, -0.05) is 35.3 Å². The van der Waals surface area contributed by atoms with E-state index in [1.807, 2.05) is 24.3 Å². The van der Waals surface area contributed by atoms with Crippen LogP contribution in [0.4, 0.5) is 0 Å². The van der Waals surface area contributed by atoms with Gasteiger partial charge in [-0.3, -0.25) is 4.79 Å². The molecule has 1 aliphatic rings. The normalized spacial score (nSPS) is 17.9. The summed E-state index contributed by atoms with van der Waals surface area (Å²) in [6.45, 7) is 1.66. The van der Waals surface area contributed by atoms with Gasteiger partial charge in [0, 0.05) is 40.6 Å². The first-order valence-corrected chi connectivity index (χ1v) is 8.56. The number of pyridine rings is 1. The Morgan fingerprint density at radius 2 is 2.00 bits per heavy atom. The summed E-state index contributed by atoms with van der Waals surface area (Å²) in [4.78, 5) is 17.1. The van der Waals surface area contributed by atoms with Crippen molar-refractivity contribution in [3.05, 3.63) is 79.7 Å². The molecule has 2 heterocycles. The molecule has 0 saturated heterocycles. The van der Waals surface area contributed by atoms with Crippen molar-refractivity contribution in [3.8, 4) is 0 Å². The predicted molar refractivity (Wildman–Crippen MR) is 99.2 cm³/mol. The van der Waals surface area contributed by atoms with Crippen molar-refractivity contribution >= 4 is 34.0 Å². The van der Waals surface area contributed by atoms with Gasteiger partial charge in [0.05, 0.1) is 0 Å². The zero-order chi connectivity index (χ0) is 16.8. The van der Waals surface area contributed by atoms with E-state index in [0.717, 1.165) is 35.2 Å². The van der Waals surface area contributed by atoms with Gasteiger partial charge in [-0.05, 0) is 53.4 Å². The van der Waals surface area contributed by atoms with Crippen LogP contribution in [0.2, 0.25) is 10.0 Å². The molecule has 0 fully saturated rings. The van der Waals surface area contributed by atoms with Crippen LogP contribution < -0.4 is 5.56 Å². The van der Waals surface area contributed by atoms with E-state index in [1.54, 1.807) is 12.3 Å². The van der Waals surface area contributed by atoms with Gasteiger partial charge in [-0.2, -0.15) is 0 Å². The summed E-state index contributed by atoms with van der Waals surface area (Å²) in [5.74, 6) is 0.138. The molecular weight excluding hydrogens is 343 g/mol. The molecule has 24 heavy (non-hydrogen) atoms. The van der Waals surface area contributed by atoms with E-state index in [0.29, 0.717) is 15.4 Å². The van der Waals surface area contributed by atoms with Crippen molar-refractivity contribution in [1.29, 1.82) is 0 Å². The van der Waals surface area contributed by atoms with Gasteiger partial charge in [0.15, 0.2) is 0 Å². The lowest BCUT2D eigenvalue weighted by atomic mass is 9.84. The van der Waals surface area contributed by atoms with Crippen LogP contribution >= 0.6 is 23.2 Å². The van der Waals surface area contributed by atoms with Crippen molar-refractivity contribution in [1.82, 2.24) is 9.88 Å². The highest BCUT2D eigenvalue weighted by Gasteiger charge is 2.27. The first kappa shape index (κ1) is 15.7. The Balaban J connectivity index is 1.91. The fourth-order valence-electron chi connectivity index (χ4n) is 3.55. The number of hydrogen-bond donors (Lipinski definition) is 1. The second-order valence-electron chi connectivity index (χ2n) is 6.36. The van der Waals surface area contributed by atoms with Crippen LogP contribution in [0.5, 0.6) is 0 Å². The third-order valence-electron chi connectivity index (χ3n) is 4.69. The molecule has 3 aromatic rings. The molecule has 4 rings (SSSR count). The SMILES string of the molecule is CN1Cc2c(Cl)cc(Cl)cc2C(c2ccc3cc[nH]c(=O)c3c2)C1. The molecule has 122 valence electrons. The molecule has 0 aliphatic carbocycles. The second kappa shape index (κ2) is 5.92. The topological polar surface area (TPSA) is 36.1 Å². The molecule has 0 amide bonds. The fraction of sp³-hybridized carbons (Fsp3) is 0.211. The number of aromatic amines is 1. The lowest BCUT2D eigenvalue weighted by Crippen LogP contribution is -2.31. The number of hydrogen-bond acceptors (Lipinski definition) is 2. The Hall–Kier alpha value is -1.81. The summed E-state index contributed by atoms with van der Waals surface area (Å²) < 4.78 is 0. The summed E-state index contributed by atoms with van der Waals surface area (Å²) in [5, 5.41) is 2.99. The molecule has 0 bridgehead atoms. The molecule has 0 spiro atoms. The van der Waals surface area contributed by atoms with E-state index in [1.165, 1.54) is 0 Å². The van der Waals surface area contributed by atoms with Gasteiger partial charge in [-0.25, -0.2) is 0 Å². The average molecular weight is 359 g/mol. The van der Waals surface area contributed by atoms with Gasteiger partial charge in [0.2, 0.25) is 0 Å². The highest BCUT2D eigenvalue weighted by molar-refractivity contribution is 6.35. The zero-order valence-corrected chi connectivity index (χ0v) is 14.7. The minimum atomic E-state index is -0.0668. The fourth-order valence-corrected chi connectivity index (χ4v) is 4.12. The zero-order valence-electron chi connectivity index (χ0n) is 13.1. The van der Waals surface area contributed by atoms with Gasteiger partial charge in [0.1, 0.15) is 0 Å². The third-order valence-corrected chi connectivity index (χ3v) is 5.25. The summed E-state index contributed by atoms with van der Waals surface area (Å²) in [7, 11) is 2.08. The summed E-state index contributed by atoms with van der Waals surface area (Å²) in [5.41, 5.74) is 3.30. The van der Waals surface area contributed by atoms with Crippen LogP contribution in [0.15, 0.2) is 47.4 Å². The number of likely N-dealkylation sites (N-methyl/N-ethyl adjacent to an activating group) is 1. The monoisotopic (exact) mass is 358 g/mol. The lowest BCUT2D eigenvalue weighted by Gasteiger charge is -2.33. The molecule has 1 aliphatic heterocycles. The van der Waals surface area contributed by atoms with E-state index in [2.05, 4.69) is 23.0 Å². The van der Waals surface area contributed by atoms with Gasteiger partial charge < -0.3 is 9.88 Å². The standard InChI is InChI=1S/C19H16Cl2N2O/c1-23-9-16(15-7-13(20)8-18(21)17(15)10-23)12-3-2-11-4-5-22-19(24)14(11)6-12/h2-8,16H,9-10H2,1H3,(H,22,24). The second-order valence-corrected chi connectivity index (χ2v) is 7.20. The highest BCUT2D eigenvalue weighted by Crippen LogP contribution is 2.38. The number of H-pyrrole nitrogens is 1. The Bertz CT molecular complexity index is 996. The number of halogens is 2. The molecule has 1 unspecified atom stereocenters. The molecule has 2 aromatic carbocycles. The van der Waals surface area contributed by atoms with E-state index in [-0.39, 0.29) is 11.5 Å². The molecule has 1 atom stereocenters. The molecule has 0 radical (unpaired) electrons. The maximum Gasteiger partial charge on any atom is 0.255 e. The molecule has 3 nitrogen and oxygen atoms in total. The summed E-state index contributed by atoms with van der Waals surface area (Å²) in [6.07, 6.45) is 1.67. The van der Waals surface area contributed by atoms with Crippen LogP contribution in [-0.4, -0.2) is 23.5 Å². The van der Waals surface area contributed by atoms with Crippen LogP contribution in [0.3, 0.4) is 0 Å². The third kappa shape index (κ3) is 2.63. The van der Waals surface area contributed by atoms with Crippen molar-refractivity contribution in [2.75, 3.05) is 13.6 Å². The van der Waals surface area contributed by atoms with Crippen LogP contribution in [0.25, 0.3) is 10.8 Å². The van der Waals surface area contributed by atoms with Crippen molar-refractivity contribution < 1.29 is 0 Å². The van der Waals surface area contributed by atoms with E-state index in [9.17, 15) is 4.79 Å². The predicted octanol–water partition coefficient (Wildman–Crippen LogP) is 4.41. The lowest BCUT2D eigenvalue weighted by molar-refractivity contribution is 0.295. The molecule has 1 aromatic heterocycles.